The van der Waals surface area contributed by atoms with Crippen LogP contribution in [0.1, 0.15) is 19.3 Å². The van der Waals surface area contributed by atoms with Crippen molar-refractivity contribution in [2.45, 2.75) is 37.4 Å². The van der Waals surface area contributed by atoms with Gasteiger partial charge in [0.25, 0.3) is 10.1 Å². The number of carboxylic acid groups (broad SMARTS) is 2. The number of rotatable bonds is 23. The molecule has 0 spiro atoms. The van der Waals surface area contributed by atoms with Gasteiger partial charge in [-0.05, 0) is 12.8 Å². The van der Waals surface area contributed by atoms with Gasteiger partial charge in [0.15, 0.2) is 5.96 Å². The summed E-state index contributed by atoms with van der Waals surface area (Å²) in [5.41, 5.74) is 16.1. The van der Waals surface area contributed by atoms with Crippen LogP contribution in [0, 0.1) is 0 Å². The Balaban J connectivity index is 4.81. The molecular formula is C23H39N11O14S. The van der Waals surface area contributed by atoms with E-state index in [-0.39, 0.29) is 18.9 Å². The Labute approximate surface area is 277 Å². The van der Waals surface area contributed by atoms with E-state index in [4.69, 9.17) is 32.0 Å². The molecule has 0 fully saturated rings. The molecule has 3 atom stereocenters. The third kappa shape index (κ3) is 22.5. The summed E-state index contributed by atoms with van der Waals surface area (Å²) in [6.07, 6.45) is -0.429. The SMILES string of the molecule is NC(N)=NCCC[C@H](N)C(=O)NCC(=O)N[C@@H](CS(=O)(=O)O)C(=O)NCC(=O)NCC(=O)NCC(=O)N[C@@H](CC(=O)O)C(=O)NCC(=O)O. The van der Waals surface area contributed by atoms with Crippen LogP contribution in [-0.2, 0) is 53.3 Å². The molecule has 0 aromatic carbocycles. The van der Waals surface area contributed by atoms with E-state index in [1.165, 1.54) is 0 Å². The van der Waals surface area contributed by atoms with Crippen molar-refractivity contribution in [3.8, 4) is 0 Å². The lowest BCUT2D eigenvalue weighted by Crippen LogP contribution is -2.54. The van der Waals surface area contributed by atoms with Crippen LogP contribution in [0.15, 0.2) is 4.99 Å². The van der Waals surface area contributed by atoms with E-state index < -0.39 is 126 Å². The van der Waals surface area contributed by atoms with Crippen molar-refractivity contribution in [3.63, 3.8) is 0 Å². The Morgan fingerprint density at radius 2 is 1.08 bits per heavy atom. The number of carbonyl (C=O) groups is 9. The average molecular weight is 726 g/mol. The maximum absolute atomic E-state index is 12.5. The van der Waals surface area contributed by atoms with Crippen LogP contribution in [0.2, 0.25) is 0 Å². The molecule has 0 aliphatic heterocycles. The monoisotopic (exact) mass is 725 g/mol. The van der Waals surface area contributed by atoms with E-state index in [2.05, 4.69) is 10.3 Å². The van der Waals surface area contributed by atoms with Gasteiger partial charge >= 0.3 is 11.9 Å². The van der Waals surface area contributed by atoms with Crippen molar-refractivity contribution < 1.29 is 66.3 Å². The minimum Gasteiger partial charge on any atom is -0.481 e. The summed E-state index contributed by atoms with van der Waals surface area (Å²) in [6, 6.07) is -4.66. The summed E-state index contributed by atoms with van der Waals surface area (Å²) in [5.74, 6) is -11.6. The van der Waals surface area contributed by atoms with Crippen LogP contribution in [0.5, 0.6) is 0 Å². The molecule has 49 heavy (non-hydrogen) atoms. The Morgan fingerprint density at radius 1 is 0.633 bits per heavy atom. The normalized spacial score (nSPS) is 12.4. The van der Waals surface area contributed by atoms with Crippen LogP contribution in [-0.4, -0.2) is 146 Å². The minimum absolute atomic E-state index is 0.143. The predicted molar refractivity (Wildman–Crippen MR) is 163 cm³/mol. The zero-order chi connectivity index (χ0) is 37.7. The molecule has 0 saturated carbocycles. The summed E-state index contributed by atoms with van der Waals surface area (Å²) in [4.78, 5) is 110. The van der Waals surface area contributed by atoms with Crippen LogP contribution in [0.25, 0.3) is 0 Å². The lowest BCUT2D eigenvalue weighted by molar-refractivity contribution is -0.141. The fourth-order valence-corrected chi connectivity index (χ4v) is 3.93. The summed E-state index contributed by atoms with van der Waals surface area (Å²) in [6.45, 7) is -3.82. The molecule has 26 heteroatoms. The Bertz CT molecular complexity index is 1390. The molecule has 0 bridgehead atoms. The third-order valence-electron chi connectivity index (χ3n) is 5.52. The highest BCUT2D eigenvalue weighted by molar-refractivity contribution is 7.85. The topological polar surface area (TPSA) is 423 Å². The number of aliphatic imine (C=N–C) groups is 1. The quantitative estimate of drug-likeness (QED) is 0.0201. The second kappa shape index (κ2) is 22.0. The molecule has 0 aliphatic carbocycles. The molecule has 0 aliphatic rings. The van der Waals surface area contributed by atoms with Crippen molar-refractivity contribution >= 4 is 69.4 Å². The Kier molecular flexibility index (Phi) is 19.5. The molecule has 0 rings (SSSR count). The summed E-state index contributed by atoms with van der Waals surface area (Å²) >= 11 is 0. The molecule has 0 saturated heterocycles. The highest BCUT2D eigenvalue weighted by Gasteiger charge is 2.27. The largest absolute Gasteiger partial charge is 0.481 e. The number of hydrogen-bond acceptors (Lipinski definition) is 13. The highest BCUT2D eigenvalue weighted by Crippen LogP contribution is 1.97. The molecule has 0 radical (unpaired) electrons. The van der Waals surface area contributed by atoms with Gasteiger partial charge < -0.3 is 64.6 Å². The number of nitrogens with two attached hydrogens (primary N) is 3. The average Bonchev–Trinajstić information content (AvgIpc) is 2.99. The molecule has 25 nitrogen and oxygen atoms in total. The van der Waals surface area contributed by atoms with E-state index in [0.717, 1.165) is 0 Å². The van der Waals surface area contributed by atoms with E-state index in [1.54, 1.807) is 0 Å². The fourth-order valence-electron chi connectivity index (χ4n) is 3.28. The second-order valence-electron chi connectivity index (χ2n) is 9.74. The van der Waals surface area contributed by atoms with Crippen molar-refractivity contribution in [2.75, 3.05) is 45.0 Å². The van der Waals surface area contributed by atoms with E-state index >= 15 is 0 Å². The Morgan fingerprint density at radius 3 is 1.59 bits per heavy atom. The highest BCUT2D eigenvalue weighted by atomic mass is 32.2. The first-order valence-electron chi connectivity index (χ1n) is 13.8. The lowest BCUT2D eigenvalue weighted by Gasteiger charge is -2.18. The molecule has 16 N–H and O–H groups in total. The van der Waals surface area contributed by atoms with Crippen molar-refractivity contribution in [1.82, 2.24) is 37.2 Å². The second-order valence-corrected chi connectivity index (χ2v) is 11.2. The van der Waals surface area contributed by atoms with Gasteiger partial charge in [0, 0.05) is 6.54 Å². The number of carbonyl (C=O) groups excluding carboxylic acids is 7. The number of hydrogen-bond donors (Lipinski definition) is 13. The van der Waals surface area contributed by atoms with E-state index in [9.17, 15) is 51.6 Å². The maximum Gasteiger partial charge on any atom is 0.322 e. The molecule has 7 amide bonds. The van der Waals surface area contributed by atoms with Gasteiger partial charge in [-0.2, -0.15) is 8.42 Å². The van der Waals surface area contributed by atoms with Crippen molar-refractivity contribution in [1.29, 1.82) is 0 Å². The predicted octanol–water partition coefficient (Wildman–Crippen LogP) is -8.64. The molecular weight excluding hydrogens is 686 g/mol. The summed E-state index contributed by atoms with van der Waals surface area (Å²) in [7, 11) is -4.85. The van der Waals surface area contributed by atoms with Crippen LogP contribution in [0.4, 0.5) is 0 Å². The first-order chi connectivity index (χ1) is 22.7. The summed E-state index contributed by atoms with van der Waals surface area (Å²) < 4.78 is 31.9. The van der Waals surface area contributed by atoms with Gasteiger partial charge in [0.05, 0.1) is 38.6 Å². The van der Waals surface area contributed by atoms with Gasteiger partial charge in [-0.25, -0.2) is 0 Å². The third-order valence-corrected chi connectivity index (χ3v) is 6.27. The number of guanidine groups is 1. The molecule has 0 unspecified atom stereocenters. The van der Waals surface area contributed by atoms with E-state index in [1.807, 2.05) is 31.9 Å². The lowest BCUT2D eigenvalue weighted by atomic mass is 10.1. The van der Waals surface area contributed by atoms with Gasteiger partial charge in [-0.1, -0.05) is 0 Å². The van der Waals surface area contributed by atoms with Gasteiger partial charge in [-0.3, -0.25) is 52.7 Å². The number of nitrogens with zero attached hydrogens (tertiary/aromatic N) is 1. The maximum atomic E-state index is 12.5. The standard InChI is InChI=1S/C23H39N11O14S/c24-11(2-1-3-27-23(25)26)20(43)30-8-17(38)34-13(10-49(46,47)48)22(45)31-6-15(36)28-5-14(35)29-7-16(37)33-12(4-18(39)40)21(44)32-9-19(41)42/h11-13H,1-10,24H2,(H,28,36)(H,29,35)(H,30,43)(H,31,45)(H,32,44)(H,33,37)(H,34,38)(H,39,40)(H,41,42)(H4,25,26,27)(H,46,47,48)/t11-,12-,13-/m0/s1. The minimum atomic E-state index is -4.85. The van der Waals surface area contributed by atoms with Crippen LogP contribution < -0.4 is 54.4 Å². The van der Waals surface area contributed by atoms with Crippen LogP contribution in [0.3, 0.4) is 0 Å². The van der Waals surface area contributed by atoms with Gasteiger partial charge in [0.1, 0.15) is 24.4 Å². The fraction of sp³-hybridized carbons (Fsp3) is 0.565. The number of nitrogens with one attached hydrogen (secondary N) is 7. The molecule has 0 heterocycles. The number of aliphatic carboxylic acids is 2. The smallest absolute Gasteiger partial charge is 0.322 e. The zero-order valence-electron chi connectivity index (χ0n) is 25.7. The first kappa shape index (κ1) is 43.4. The van der Waals surface area contributed by atoms with Gasteiger partial charge in [0.2, 0.25) is 41.4 Å². The number of carboxylic acids is 2. The Hall–Kier alpha value is -5.63. The van der Waals surface area contributed by atoms with Crippen molar-refractivity contribution in [2.24, 2.45) is 22.2 Å². The van der Waals surface area contributed by atoms with E-state index in [0.29, 0.717) is 6.42 Å². The number of amides is 7. The molecule has 276 valence electrons. The van der Waals surface area contributed by atoms with Gasteiger partial charge in [-0.15, -0.1) is 0 Å². The molecule has 0 aromatic rings. The zero-order valence-corrected chi connectivity index (χ0v) is 26.5. The van der Waals surface area contributed by atoms with Crippen LogP contribution >= 0.6 is 0 Å². The van der Waals surface area contributed by atoms with Crippen molar-refractivity contribution in [3.05, 3.63) is 0 Å². The first-order valence-corrected chi connectivity index (χ1v) is 15.5. The molecule has 0 aromatic heterocycles. The summed E-state index contributed by atoms with van der Waals surface area (Å²) in [5, 5.41) is 31.6.